The highest BCUT2D eigenvalue weighted by Crippen LogP contribution is 2.23. The summed E-state index contributed by atoms with van der Waals surface area (Å²) in [4.78, 5) is 4.19. The minimum absolute atomic E-state index is 0.331. The van der Waals surface area contributed by atoms with Gasteiger partial charge in [0.25, 0.3) is 0 Å². The summed E-state index contributed by atoms with van der Waals surface area (Å²) in [6.45, 7) is 7.03. The molecule has 15 heavy (non-hydrogen) atoms. The summed E-state index contributed by atoms with van der Waals surface area (Å²) in [7, 11) is 1.97. The Labute approximate surface area is 91.9 Å². The van der Waals surface area contributed by atoms with Gasteiger partial charge in [0.2, 0.25) is 0 Å². The normalized spacial score (nSPS) is 12.9. The van der Waals surface area contributed by atoms with Crippen LogP contribution in [0.15, 0.2) is 18.5 Å². The Hall–Kier alpha value is -1.09. The second-order valence-electron chi connectivity index (χ2n) is 3.90. The maximum atomic E-state index is 5.43. The molecule has 1 aromatic rings. The number of rotatable bonds is 5. The van der Waals surface area contributed by atoms with Crippen LogP contribution in [0.5, 0.6) is 5.75 Å². The number of pyridine rings is 1. The minimum atomic E-state index is 0.331. The van der Waals surface area contributed by atoms with E-state index in [1.54, 1.807) is 6.20 Å². The third-order valence-corrected chi connectivity index (χ3v) is 2.38. The average molecular weight is 208 g/mol. The van der Waals surface area contributed by atoms with E-state index < -0.39 is 0 Å². The van der Waals surface area contributed by atoms with E-state index in [-0.39, 0.29) is 0 Å². The standard InChI is InChI=1S/C12H20N2O/c1-5-15-11-6-10(7-14-8-11)12(13-4)9(2)3/h6-9,12-13H,5H2,1-4H3. The second-order valence-corrected chi connectivity index (χ2v) is 3.90. The molecule has 0 amide bonds. The largest absolute Gasteiger partial charge is 0.492 e. The van der Waals surface area contributed by atoms with Crippen LogP contribution in [0, 0.1) is 5.92 Å². The second kappa shape index (κ2) is 5.71. The van der Waals surface area contributed by atoms with Crippen molar-refractivity contribution in [2.24, 2.45) is 5.92 Å². The summed E-state index contributed by atoms with van der Waals surface area (Å²) in [6.07, 6.45) is 3.64. The zero-order chi connectivity index (χ0) is 11.3. The summed E-state index contributed by atoms with van der Waals surface area (Å²) < 4.78 is 5.43. The van der Waals surface area contributed by atoms with Crippen molar-refractivity contribution in [2.45, 2.75) is 26.8 Å². The van der Waals surface area contributed by atoms with Gasteiger partial charge >= 0.3 is 0 Å². The van der Waals surface area contributed by atoms with Gasteiger partial charge in [-0.1, -0.05) is 13.8 Å². The van der Waals surface area contributed by atoms with Crippen molar-refractivity contribution in [3.63, 3.8) is 0 Å². The predicted molar refractivity (Wildman–Crippen MR) is 62.0 cm³/mol. The van der Waals surface area contributed by atoms with E-state index >= 15 is 0 Å². The lowest BCUT2D eigenvalue weighted by atomic mass is 9.98. The third kappa shape index (κ3) is 3.20. The van der Waals surface area contributed by atoms with E-state index in [2.05, 4.69) is 30.2 Å². The number of hydrogen-bond donors (Lipinski definition) is 1. The maximum absolute atomic E-state index is 5.43. The van der Waals surface area contributed by atoms with E-state index in [0.717, 1.165) is 5.75 Å². The van der Waals surface area contributed by atoms with Crippen molar-refractivity contribution in [1.29, 1.82) is 0 Å². The van der Waals surface area contributed by atoms with Crippen molar-refractivity contribution < 1.29 is 4.74 Å². The summed E-state index contributed by atoms with van der Waals surface area (Å²) in [5.74, 6) is 1.38. The lowest BCUT2D eigenvalue weighted by Crippen LogP contribution is -2.21. The first-order chi connectivity index (χ1) is 7.19. The predicted octanol–water partition coefficient (Wildman–Crippen LogP) is 2.40. The Morgan fingerprint density at radius 1 is 1.40 bits per heavy atom. The Balaban J connectivity index is 2.87. The molecule has 0 fully saturated rings. The Morgan fingerprint density at radius 3 is 2.67 bits per heavy atom. The quantitative estimate of drug-likeness (QED) is 0.806. The van der Waals surface area contributed by atoms with Gasteiger partial charge in [0.15, 0.2) is 0 Å². The van der Waals surface area contributed by atoms with E-state index in [0.29, 0.717) is 18.6 Å². The average Bonchev–Trinajstić information content (AvgIpc) is 2.19. The zero-order valence-electron chi connectivity index (χ0n) is 9.95. The molecule has 0 spiro atoms. The van der Waals surface area contributed by atoms with Gasteiger partial charge in [0.05, 0.1) is 12.8 Å². The molecule has 0 aliphatic heterocycles. The molecule has 1 rings (SSSR count). The summed E-state index contributed by atoms with van der Waals surface area (Å²) in [6, 6.07) is 2.38. The summed E-state index contributed by atoms with van der Waals surface area (Å²) in [5, 5.41) is 3.29. The highest BCUT2D eigenvalue weighted by molar-refractivity contribution is 5.26. The molecule has 1 aromatic heterocycles. The number of nitrogens with one attached hydrogen (secondary N) is 1. The topological polar surface area (TPSA) is 34.1 Å². The molecule has 0 saturated carbocycles. The Bertz CT molecular complexity index is 299. The molecule has 84 valence electrons. The van der Waals surface area contributed by atoms with Crippen molar-refractivity contribution in [3.8, 4) is 5.75 Å². The number of aromatic nitrogens is 1. The SMILES string of the molecule is CCOc1cncc(C(NC)C(C)C)c1. The first-order valence-electron chi connectivity index (χ1n) is 5.44. The molecule has 1 unspecified atom stereocenters. The van der Waals surface area contributed by atoms with E-state index in [1.165, 1.54) is 5.56 Å². The third-order valence-electron chi connectivity index (χ3n) is 2.38. The Morgan fingerprint density at radius 2 is 2.13 bits per heavy atom. The monoisotopic (exact) mass is 208 g/mol. The van der Waals surface area contributed by atoms with Crippen LogP contribution in [0.25, 0.3) is 0 Å². The number of nitrogens with zero attached hydrogens (tertiary/aromatic N) is 1. The number of hydrogen-bond acceptors (Lipinski definition) is 3. The van der Waals surface area contributed by atoms with Gasteiger partial charge in [-0.25, -0.2) is 0 Å². The highest BCUT2D eigenvalue weighted by Gasteiger charge is 2.14. The number of ether oxygens (including phenoxy) is 1. The lowest BCUT2D eigenvalue weighted by molar-refractivity contribution is 0.337. The molecule has 0 aromatic carbocycles. The van der Waals surface area contributed by atoms with E-state index in [9.17, 15) is 0 Å². The van der Waals surface area contributed by atoms with Crippen LogP contribution in [-0.2, 0) is 0 Å². The van der Waals surface area contributed by atoms with E-state index in [4.69, 9.17) is 4.74 Å². The van der Waals surface area contributed by atoms with Gasteiger partial charge in [-0.3, -0.25) is 4.98 Å². The minimum Gasteiger partial charge on any atom is -0.492 e. The molecule has 0 aliphatic carbocycles. The lowest BCUT2D eigenvalue weighted by Gasteiger charge is -2.20. The first kappa shape index (κ1) is 12.0. The first-order valence-corrected chi connectivity index (χ1v) is 5.44. The maximum Gasteiger partial charge on any atom is 0.137 e. The molecule has 1 heterocycles. The van der Waals surface area contributed by atoms with Crippen LogP contribution < -0.4 is 10.1 Å². The van der Waals surface area contributed by atoms with Crippen molar-refractivity contribution in [1.82, 2.24) is 10.3 Å². The van der Waals surface area contributed by atoms with Gasteiger partial charge in [-0.05, 0) is 31.5 Å². The fourth-order valence-electron chi connectivity index (χ4n) is 1.74. The molecule has 1 atom stereocenters. The fourth-order valence-corrected chi connectivity index (χ4v) is 1.74. The Kier molecular flexibility index (Phi) is 4.56. The molecule has 0 aliphatic rings. The van der Waals surface area contributed by atoms with Crippen LogP contribution in [0.1, 0.15) is 32.4 Å². The smallest absolute Gasteiger partial charge is 0.137 e. The molecular formula is C12H20N2O. The summed E-state index contributed by atoms with van der Waals surface area (Å²) >= 11 is 0. The van der Waals surface area contributed by atoms with Crippen LogP contribution in [0.3, 0.4) is 0 Å². The van der Waals surface area contributed by atoms with Crippen molar-refractivity contribution in [3.05, 3.63) is 24.0 Å². The van der Waals surface area contributed by atoms with Crippen LogP contribution in [0.2, 0.25) is 0 Å². The molecule has 0 bridgehead atoms. The van der Waals surface area contributed by atoms with Crippen LogP contribution in [-0.4, -0.2) is 18.6 Å². The molecule has 1 N–H and O–H groups in total. The van der Waals surface area contributed by atoms with Gasteiger partial charge in [0.1, 0.15) is 5.75 Å². The van der Waals surface area contributed by atoms with Crippen LogP contribution >= 0.6 is 0 Å². The molecular weight excluding hydrogens is 188 g/mol. The van der Waals surface area contributed by atoms with Gasteiger partial charge in [-0.15, -0.1) is 0 Å². The highest BCUT2D eigenvalue weighted by atomic mass is 16.5. The summed E-state index contributed by atoms with van der Waals surface area (Å²) in [5.41, 5.74) is 1.18. The van der Waals surface area contributed by atoms with Gasteiger partial charge in [-0.2, -0.15) is 0 Å². The van der Waals surface area contributed by atoms with Gasteiger partial charge in [0, 0.05) is 12.2 Å². The van der Waals surface area contributed by atoms with Crippen molar-refractivity contribution >= 4 is 0 Å². The van der Waals surface area contributed by atoms with E-state index in [1.807, 2.05) is 20.2 Å². The zero-order valence-corrected chi connectivity index (χ0v) is 9.95. The molecule has 3 heteroatoms. The fraction of sp³-hybridized carbons (Fsp3) is 0.583. The van der Waals surface area contributed by atoms with Crippen molar-refractivity contribution in [2.75, 3.05) is 13.7 Å². The molecule has 0 saturated heterocycles. The van der Waals surface area contributed by atoms with Gasteiger partial charge < -0.3 is 10.1 Å². The molecule has 0 radical (unpaired) electrons. The molecule has 3 nitrogen and oxygen atoms in total. The van der Waals surface area contributed by atoms with Crippen LogP contribution in [0.4, 0.5) is 0 Å².